The SMILES string of the molecule is CC(C)(C)CC(NC(=O)[C@@H](NC(=O)OCC1c2ccccc2-c2ccccc21)C(C)(C)C)C(=O)O. The van der Waals surface area contributed by atoms with Gasteiger partial charge in [0.1, 0.15) is 18.7 Å². The Kier molecular flexibility index (Phi) is 7.58. The lowest BCUT2D eigenvalue weighted by Gasteiger charge is -2.32. The summed E-state index contributed by atoms with van der Waals surface area (Å²) < 4.78 is 5.60. The summed E-state index contributed by atoms with van der Waals surface area (Å²) in [5.74, 6) is -1.76. The lowest BCUT2D eigenvalue weighted by Crippen LogP contribution is -2.57. The first kappa shape index (κ1) is 26.3. The molecular formula is C28H36N2O5. The normalized spacial score (nSPS) is 14.9. The number of rotatable bonds is 7. The standard InChI is InChI=1S/C28H36N2O5/c1-27(2,3)15-22(25(32)33)29-24(31)23(28(4,5)6)30-26(34)35-16-21-19-13-9-7-11-17(19)18-12-8-10-14-20(18)21/h7-14,21-23H,15-16H2,1-6H3,(H,29,31)(H,30,34)(H,32,33)/t22?,23-/m1/s1. The van der Waals surface area contributed by atoms with Gasteiger partial charge in [-0.2, -0.15) is 0 Å². The van der Waals surface area contributed by atoms with Crippen molar-refractivity contribution < 1.29 is 24.2 Å². The van der Waals surface area contributed by atoms with E-state index in [0.717, 1.165) is 22.3 Å². The largest absolute Gasteiger partial charge is 0.480 e. The number of carboxylic acids is 1. The molecule has 0 fully saturated rings. The van der Waals surface area contributed by atoms with Crippen molar-refractivity contribution in [2.45, 2.75) is 66.0 Å². The molecule has 35 heavy (non-hydrogen) atoms. The molecule has 0 saturated carbocycles. The van der Waals surface area contributed by atoms with Gasteiger partial charge in [-0.3, -0.25) is 4.79 Å². The fraction of sp³-hybridized carbons (Fsp3) is 0.464. The predicted molar refractivity (Wildman–Crippen MR) is 135 cm³/mol. The summed E-state index contributed by atoms with van der Waals surface area (Å²) in [5, 5.41) is 14.9. The van der Waals surface area contributed by atoms with Gasteiger partial charge in [0.2, 0.25) is 5.91 Å². The number of fused-ring (bicyclic) bond motifs is 3. The summed E-state index contributed by atoms with van der Waals surface area (Å²) in [7, 11) is 0. The van der Waals surface area contributed by atoms with Crippen LogP contribution in [0, 0.1) is 10.8 Å². The monoisotopic (exact) mass is 480 g/mol. The molecule has 3 N–H and O–H groups in total. The third-order valence-corrected chi connectivity index (χ3v) is 6.17. The number of benzene rings is 2. The van der Waals surface area contributed by atoms with Crippen molar-refractivity contribution in [3.8, 4) is 11.1 Å². The molecule has 7 nitrogen and oxygen atoms in total. The van der Waals surface area contributed by atoms with E-state index in [1.54, 1.807) is 20.8 Å². The molecule has 0 saturated heterocycles. The summed E-state index contributed by atoms with van der Waals surface area (Å²) >= 11 is 0. The van der Waals surface area contributed by atoms with Crippen molar-refractivity contribution in [3.05, 3.63) is 59.7 Å². The molecule has 2 aromatic carbocycles. The van der Waals surface area contributed by atoms with Crippen LogP contribution < -0.4 is 10.6 Å². The van der Waals surface area contributed by atoms with Gasteiger partial charge in [-0.15, -0.1) is 0 Å². The van der Waals surface area contributed by atoms with E-state index >= 15 is 0 Å². The Balaban J connectivity index is 1.70. The summed E-state index contributed by atoms with van der Waals surface area (Å²) in [6, 6.07) is 14.1. The molecule has 1 aliphatic rings. The zero-order valence-corrected chi connectivity index (χ0v) is 21.3. The van der Waals surface area contributed by atoms with E-state index in [1.165, 1.54) is 0 Å². The highest BCUT2D eigenvalue weighted by molar-refractivity contribution is 5.90. The molecule has 7 heteroatoms. The second-order valence-corrected chi connectivity index (χ2v) is 11.4. The van der Waals surface area contributed by atoms with E-state index in [4.69, 9.17) is 4.74 Å². The molecule has 0 bridgehead atoms. The van der Waals surface area contributed by atoms with Crippen molar-refractivity contribution in [1.82, 2.24) is 10.6 Å². The van der Waals surface area contributed by atoms with E-state index in [2.05, 4.69) is 22.8 Å². The van der Waals surface area contributed by atoms with Crippen LogP contribution in [0.2, 0.25) is 0 Å². The molecule has 0 spiro atoms. The number of hydrogen-bond donors (Lipinski definition) is 3. The Morgan fingerprint density at radius 1 is 0.886 bits per heavy atom. The van der Waals surface area contributed by atoms with Gasteiger partial charge >= 0.3 is 12.1 Å². The maximum absolute atomic E-state index is 13.1. The van der Waals surface area contributed by atoms with Gasteiger partial charge in [-0.1, -0.05) is 90.1 Å². The average molecular weight is 481 g/mol. The van der Waals surface area contributed by atoms with E-state index in [-0.39, 0.29) is 24.4 Å². The van der Waals surface area contributed by atoms with Gasteiger partial charge in [0, 0.05) is 5.92 Å². The van der Waals surface area contributed by atoms with Crippen LogP contribution in [0.1, 0.15) is 65.0 Å². The molecule has 188 valence electrons. The van der Waals surface area contributed by atoms with Gasteiger partial charge in [-0.25, -0.2) is 9.59 Å². The minimum atomic E-state index is -1.11. The number of carboxylic acid groups (broad SMARTS) is 1. The number of alkyl carbamates (subject to hydrolysis) is 1. The lowest BCUT2D eigenvalue weighted by molar-refractivity contribution is -0.143. The number of carbonyl (C=O) groups is 3. The molecule has 1 unspecified atom stereocenters. The molecule has 2 amide bonds. The summed E-state index contributed by atoms with van der Waals surface area (Å²) in [6.07, 6.45) is -0.458. The van der Waals surface area contributed by atoms with Crippen molar-refractivity contribution >= 4 is 18.0 Å². The van der Waals surface area contributed by atoms with Gasteiger partial charge in [0.05, 0.1) is 0 Å². The molecular weight excluding hydrogens is 444 g/mol. The number of amides is 2. The number of aliphatic carboxylic acids is 1. The maximum Gasteiger partial charge on any atom is 0.407 e. The Hall–Kier alpha value is -3.35. The van der Waals surface area contributed by atoms with Gasteiger partial charge < -0.3 is 20.5 Å². The van der Waals surface area contributed by atoms with E-state index in [0.29, 0.717) is 0 Å². The highest BCUT2D eigenvalue weighted by Crippen LogP contribution is 2.44. The van der Waals surface area contributed by atoms with Crippen molar-refractivity contribution in [3.63, 3.8) is 0 Å². The molecule has 0 aliphatic heterocycles. The van der Waals surface area contributed by atoms with Crippen LogP contribution in [0.3, 0.4) is 0 Å². The lowest BCUT2D eigenvalue weighted by atomic mass is 9.85. The first-order valence-corrected chi connectivity index (χ1v) is 11.9. The topological polar surface area (TPSA) is 105 Å². The molecule has 0 aromatic heterocycles. The highest BCUT2D eigenvalue weighted by atomic mass is 16.5. The van der Waals surface area contributed by atoms with Gasteiger partial charge in [-0.05, 0) is 39.5 Å². The molecule has 3 rings (SSSR count). The van der Waals surface area contributed by atoms with Crippen LogP contribution in [0.15, 0.2) is 48.5 Å². The van der Waals surface area contributed by atoms with E-state index in [9.17, 15) is 19.5 Å². The fourth-order valence-corrected chi connectivity index (χ4v) is 4.50. The van der Waals surface area contributed by atoms with Gasteiger partial charge in [0.15, 0.2) is 0 Å². The summed E-state index contributed by atoms with van der Waals surface area (Å²) in [4.78, 5) is 37.6. The third-order valence-electron chi connectivity index (χ3n) is 6.17. The Bertz CT molecular complexity index is 1050. The second-order valence-electron chi connectivity index (χ2n) is 11.4. The van der Waals surface area contributed by atoms with Crippen LogP contribution in [0.5, 0.6) is 0 Å². The third kappa shape index (κ3) is 6.41. The van der Waals surface area contributed by atoms with Crippen molar-refractivity contribution in [1.29, 1.82) is 0 Å². The van der Waals surface area contributed by atoms with E-state index in [1.807, 2.05) is 57.2 Å². The number of hydrogen-bond acceptors (Lipinski definition) is 4. The molecule has 0 radical (unpaired) electrons. The Morgan fingerprint density at radius 2 is 1.40 bits per heavy atom. The molecule has 2 atom stereocenters. The van der Waals surface area contributed by atoms with E-state index < -0.39 is 35.5 Å². The predicted octanol–water partition coefficient (Wildman–Crippen LogP) is 4.95. The quantitative estimate of drug-likeness (QED) is 0.520. The van der Waals surface area contributed by atoms with Crippen LogP contribution >= 0.6 is 0 Å². The Labute approximate surface area is 207 Å². The van der Waals surface area contributed by atoms with Crippen LogP contribution in [-0.2, 0) is 14.3 Å². The van der Waals surface area contributed by atoms with Crippen molar-refractivity contribution in [2.24, 2.45) is 10.8 Å². The maximum atomic E-state index is 13.1. The van der Waals surface area contributed by atoms with Gasteiger partial charge in [0.25, 0.3) is 0 Å². The molecule has 1 aliphatic carbocycles. The first-order chi connectivity index (χ1) is 16.3. The number of nitrogens with one attached hydrogen (secondary N) is 2. The minimum Gasteiger partial charge on any atom is -0.480 e. The molecule has 0 heterocycles. The zero-order chi connectivity index (χ0) is 26.0. The highest BCUT2D eigenvalue weighted by Gasteiger charge is 2.37. The minimum absolute atomic E-state index is 0.0989. The summed E-state index contributed by atoms with van der Waals surface area (Å²) in [5.41, 5.74) is 3.48. The van der Waals surface area contributed by atoms with Crippen LogP contribution in [0.4, 0.5) is 4.79 Å². The number of ether oxygens (including phenoxy) is 1. The fourth-order valence-electron chi connectivity index (χ4n) is 4.50. The van der Waals surface area contributed by atoms with Crippen LogP contribution in [-0.4, -0.2) is 41.8 Å². The smallest absolute Gasteiger partial charge is 0.407 e. The van der Waals surface area contributed by atoms with Crippen LogP contribution in [0.25, 0.3) is 11.1 Å². The second kappa shape index (κ2) is 10.1. The zero-order valence-electron chi connectivity index (χ0n) is 21.3. The number of carbonyl (C=O) groups excluding carboxylic acids is 2. The average Bonchev–Trinajstić information content (AvgIpc) is 3.07. The Morgan fingerprint density at radius 3 is 1.86 bits per heavy atom. The first-order valence-electron chi connectivity index (χ1n) is 11.9. The van der Waals surface area contributed by atoms with Crippen molar-refractivity contribution in [2.75, 3.05) is 6.61 Å². The molecule has 2 aromatic rings. The summed E-state index contributed by atoms with van der Waals surface area (Å²) in [6.45, 7) is 11.3.